The number of unbranched alkanes of at least 4 members (excludes halogenated alkanes) is 1. The Morgan fingerprint density at radius 2 is 1.89 bits per heavy atom. The Hall–Kier alpha value is -3.43. The molecule has 3 amide bonds. The van der Waals surface area contributed by atoms with Crippen LogP contribution in [0.15, 0.2) is 54.7 Å². The van der Waals surface area contributed by atoms with Crippen LogP contribution in [0.3, 0.4) is 0 Å². The molecule has 0 unspecified atom stereocenters. The molecule has 10 heteroatoms. The summed E-state index contributed by atoms with van der Waals surface area (Å²) >= 11 is 5.97. The van der Waals surface area contributed by atoms with Crippen molar-refractivity contribution in [2.75, 3.05) is 25.1 Å². The van der Waals surface area contributed by atoms with Crippen LogP contribution in [0.1, 0.15) is 24.8 Å². The Bertz CT molecular complexity index is 1180. The fourth-order valence-electron chi connectivity index (χ4n) is 3.75. The largest absolute Gasteiger partial charge is 0.465 e. The molecule has 0 aliphatic heterocycles. The van der Waals surface area contributed by atoms with Gasteiger partial charge >= 0.3 is 12.1 Å². The Morgan fingerprint density at radius 1 is 1.14 bits per heavy atom. The molecule has 3 aromatic rings. The van der Waals surface area contributed by atoms with E-state index in [1.54, 1.807) is 25.4 Å². The molecule has 8 nitrogen and oxygen atoms in total. The zero-order chi connectivity index (χ0) is 25.4. The molecule has 186 valence electrons. The van der Waals surface area contributed by atoms with Crippen molar-refractivity contribution >= 4 is 40.3 Å². The van der Waals surface area contributed by atoms with Crippen LogP contribution in [0.2, 0.25) is 5.02 Å². The number of urea groups is 1. The Morgan fingerprint density at radius 3 is 2.60 bits per heavy atom. The van der Waals surface area contributed by atoms with Crippen LogP contribution >= 0.6 is 11.6 Å². The second-order valence-corrected chi connectivity index (χ2v) is 8.52. The number of likely N-dealkylation sites (N-methyl/N-ethyl adjacent to an activating group) is 1. The number of halogens is 2. The number of fused-ring (bicyclic) bond motifs is 1. The Labute approximate surface area is 207 Å². The lowest BCUT2D eigenvalue weighted by Crippen LogP contribution is -2.49. The Balaban J connectivity index is 1.77. The molecule has 1 heterocycles. The highest BCUT2D eigenvalue weighted by atomic mass is 35.5. The van der Waals surface area contributed by atoms with Gasteiger partial charge in [-0.25, -0.2) is 19.0 Å². The average molecular weight is 503 g/mol. The van der Waals surface area contributed by atoms with E-state index in [9.17, 15) is 24.2 Å². The van der Waals surface area contributed by atoms with Crippen molar-refractivity contribution in [2.45, 2.75) is 31.8 Å². The van der Waals surface area contributed by atoms with Crippen LogP contribution in [0.25, 0.3) is 10.8 Å². The van der Waals surface area contributed by atoms with E-state index in [1.165, 1.54) is 17.0 Å². The standard InChI is InChI=1S/C25H28ClFN4O4/c1-30(24(33)29-15-19-9-6-11-21(27)23(19)26)20(10-4-5-12-32)16-31(25(34)35)22-13-17-7-2-3-8-18(17)14-28-22/h2-3,6-9,11,13-14,20,32H,4-5,10,12,15-16H2,1H3,(H,29,33)(H,34,35)/t20-/m0/s1. The van der Waals surface area contributed by atoms with Gasteiger partial charge in [-0.15, -0.1) is 0 Å². The van der Waals surface area contributed by atoms with E-state index in [4.69, 9.17) is 11.6 Å². The minimum atomic E-state index is -1.19. The number of amides is 3. The summed E-state index contributed by atoms with van der Waals surface area (Å²) in [5.74, 6) is -0.322. The van der Waals surface area contributed by atoms with Gasteiger partial charge in [0.05, 0.1) is 17.6 Å². The van der Waals surface area contributed by atoms with Gasteiger partial charge in [0.25, 0.3) is 0 Å². The highest BCUT2D eigenvalue weighted by Crippen LogP contribution is 2.22. The lowest BCUT2D eigenvalue weighted by molar-refractivity contribution is 0.178. The molecule has 0 aliphatic carbocycles. The summed E-state index contributed by atoms with van der Waals surface area (Å²) in [6.07, 6.45) is 1.99. The summed E-state index contributed by atoms with van der Waals surface area (Å²) < 4.78 is 13.7. The number of nitrogens with one attached hydrogen (secondary N) is 1. The number of nitrogens with zero attached hydrogens (tertiary/aromatic N) is 3. The van der Waals surface area contributed by atoms with E-state index in [2.05, 4.69) is 10.3 Å². The van der Waals surface area contributed by atoms with Crippen molar-refractivity contribution < 1.29 is 24.2 Å². The molecule has 0 saturated carbocycles. The van der Waals surface area contributed by atoms with Crippen LogP contribution < -0.4 is 10.2 Å². The second-order valence-electron chi connectivity index (χ2n) is 8.14. The molecule has 1 aromatic heterocycles. The second kappa shape index (κ2) is 12.3. The number of carboxylic acid groups (broad SMARTS) is 1. The summed E-state index contributed by atoms with van der Waals surface area (Å²) in [7, 11) is 1.57. The van der Waals surface area contributed by atoms with Crippen molar-refractivity contribution in [3.63, 3.8) is 0 Å². The third kappa shape index (κ3) is 6.80. The maximum atomic E-state index is 13.7. The van der Waals surface area contributed by atoms with E-state index in [1.807, 2.05) is 24.3 Å². The van der Waals surface area contributed by atoms with Gasteiger partial charge in [0.2, 0.25) is 0 Å². The van der Waals surface area contributed by atoms with Gasteiger partial charge in [-0.05, 0) is 42.3 Å². The summed E-state index contributed by atoms with van der Waals surface area (Å²) in [6.45, 7) is -0.00960. The monoisotopic (exact) mass is 502 g/mol. The van der Waals surface area contributed by atoms with Gasteiger partial charge in [-0.3, -0.25) is 4.90 Å². The zero-order valence-corrected chi connectivity index (χ0v) is 20.1. The van der Waals surface area contributed by atoms with Crippen LogP contribution in [-0.2, 0) is 6.54 Å². The lowest BCUT2D eigenvalue weighted by atomic mass is 10.1. The van der Waals surface area contributed by atoms with Gasteiger partial charge in [-0.2, -0.15) is 0 Å². The van der Waals surface area contributed by atoms with E-state index in [-0.39, 0.29) is 30.5 Å². The Kier molecular flexibility index (Phi) is 9.22. The first-order valence-corrected chi connectivity index (χ1v) is 11.6. The molecule has 3 N–H and O–H groups in total. The quantitative estimate of drug-likeness (QED) is 0.342. The third-order valence-electron chi connectivity index (χ3n) is 5.79. The van der Waals surface area contributed by atoms with Gasteiger partial charge in [0.15, 0.2) is 0 Å². The maximum Gasteiger partial charge on any atom is 0.413 e. The summed E-state index contributed by atoms with van der Waals surface area (Å²) in [4.78, 5) is 31.9. The predicted molar refractivity (Wildman–Crippen MR) is 133 cm³/mol. The number of rotatable bonds is 10. The van der Waals surface area contributed by atoms with E-state index < -0.39 is 24.0 Å². The summed E-state index contributed by atoms with van der Waals surface area (Å²) in [5.41, 5.74) is 0.428. The fourth-order valence-corrected chi connectivity index (χ4v) is 3.94. The fraction of sp³-hybridized carbons (Fsp3) is 0.320. The van der Waals surface area contributed by atoms with Crippen molar-refractivity contribution in [3.05, 3.63) is 71.1 Å². The van der Waals surface area contributed by atoms with Crippen molar-refractivity contribution in [1.29, 1.82) is 0 Å². The van der Waals surface area contributed by atoms with E-state index in [0.29, 0.717) is 24.8 Å². The van der Waals surface area contributed by atoms with Crippen molar-refractivity contribution in [1.82, 2.24) is 15.2 Å². The first kappa shape index (κ1) is 26.2. The maximum absolute atomic E-state index is 13.7. The zero-order valence-electron chi connectivity index (χ0n) is 19.3. The first-order valence-electron chi connectivity index (χ1n) is 11.2. The van der Waals surface area contributed by atoms with Crippen LogP contribution in [0.5, 0.6) is 0 Å². The molecule has 0 bridgehead atoms. The number of aliphatic hydroxyl groups is 1. The molecule has 0 aliphatic rings. The molecule has 0 fully saturated rings. The number of pyridine rings is 1. The number of hydrogen-bond donors (Lipinski definition) is 3. The number of benzene rings is 2. The molecule has 0 radical (unpaired) electrons. The van der Waals surface area contributed by atoms with Gasteiger partial charge in [0, 0.05) is 31.8 Å². The third-order valence-corrected chi connectivity index (χ3v) is 6.22. The average Bonchev–Trinajstić information content (AvgIpc) is 2.86. The molecular formula is C25H28ClFN4O4. The molecular weight excluding hydrogens is 475 g/mol. The topological polar surface area (TPSA) is 106 Å². The van der Waals surface area contributed by atoms with Gasteiger partial charge in [0.1, 0.15) is 11.6 Å². The highest BCUT2D eigenvalue weighted by Gasteiger charge is 2.26. The van der Waals surface area contributed by atoms with E-state index >= 15 is 0 Å². The highest BCUT2D eigenvalue weighted by molar-refractivity contribution is 6.31. The first-order chi connectivity index (χ1) is 16.8. The number of aromatic nitrogens is 1. The normalized spacial score (nSPS) is 11.8. The lowest BCUT2D eigenvalue weighted by Gasteiger charge is -2.32. The van der Waals surface area contributed by atoms with Crippen molar-refractivity contribution in [3.8, 4) is 0 Å². The summed E-state index contributed by atoms with van der Waals surface area (Å²) in [5, 5.41) is 23.5. The van der Waals surface area contributed by atoms with Crippen LogP contribution in [0, 0.1) is 5.82 Å². The molecule has 0 saturated heterocycles. The molecule has 35 heavy (non-hydrogen) atoms. The minimum Gasteiger partial charge on any atom is -0.465 e. The predicted octanol–water partition coefficient (Wildman–Crippen LogP) is 4.88. The van der Waals surface area contributed by atoms with E-state index in [0.717, 1.165) is 15.7 Å². The number of carbonyl (C=O) groups is 2. The summed E-state index contributed by atoms with van der Waals surface area (Å²) in [6, 6.07) is 12.6. The molecule has 0 spiro atoms. The van der Waals surface area contributed by atoms with Crippen LogP contribution in [-0.4, -0.2) is 58.5 Å². The molecule has 2 aromatic carbocycles. The number of carbonyl (C=O) groups excluding carboxylic acids is 1. The SMILES string of the molecule is CN(C(=O)NCc1cccc(F)c1Cl)[C@@H](CCCCO)CN(C(=O)O)c1cc2ccccc2cn1. The number of hydrogen-bond acceptors (Lipinski definition) is 4. The van der Waals surface area contributed by atoms with Crippen LogP contribution in [0.4, 0.5) is 19.8 Å². The van der Waals surface area contributed by atoms with Crippen molar-refractivity contribution in [2.24, 2.45) is 0 Å². The minimum absolute atomic E-state index is 0.00439. The van der Waals surface area contributed by atoms with Gasteiger partial charge in [-0.1, -0.05) is 48.0 Å². The van der Waals surface area contributed by atoms with Gasteiger partial charge < -0.3 is 20.4 Å². The number of aliphatic hydroxyl groups excluding tert-OH is 1. The molecule has 3 rings (SSSR count). The smallest absolute Gasteiger partial charge is 0.413 e. The number of anilines is 1. The molecule has 1 atom stereocenters.